The Hall–Kier alpha value is -3.14. The summed E-state index contributed by atoms with van der Waals surface area (Å²) in [7, 11) is 1.43. The fourth-order valence-corrected chi connectivity index (χ4v) is 3.00. The Labute approximate surface area is 164 Å². The zero-order valence-corrected chi connectivity index (χ0v) is 15.3. The van der Waals surface area contributed by atoms with Gasteiger partial charge < -0.3 is 20.1 Å². The molecule has 0 aliphatic carbocycles. The van der Waals surface area contributed by atoms with E-state index in [2.05, 4.69) is 37.3 Å². The summed E-state index contributed by atoms with van der Waals surface area (Å²) in [4.78, 5) is 21.9. The summed E-state index contributed by atoms with van der Waals surface area (Å²) in [5.41, 5.74) is 3.99. The fourth-order valence-electron chi connectivity index (χ4n) is 3.00. The van der Waals surface area contributed by atoms with E-state index in [9.17, 15) is 15.3 Å². The Balaban J connectivity index is 1.78. The van der Waals surface area contributed by atoms with Crippen LogP contribution < -0.4 is 5.48 Å². The molecule has 11 nitrogen and oxygen atoms in total. The molecule has 0 spiro atoms. The van der Waals surface area contributed by atoms with Crippen molar-refractivity contribution in [2.75, 3.05) is 19.2 Å². The molecule has 0 saturated carbocycles. The van der Waals surface area contributed by atoms with Gasteiger partial charge in [0.05, 0.1) is 20.0 Å². The molecule has 0 amide bonds. The Morgan fingerprint density at radius 1 is 1.28 bits per heavy atom. The van der Waals surface area contributed by atoms with Gasteiger partial charge in [0.1, 0.15) is 18.3 Å². The van der Waals surface area contributed by atoms with Crippen LogP contribution in [-0.4, -0.2) is 71.9 Å². The number of imidazole rings is 1. The van der Waals surface area contributed by atoms with Crippen LogP contribution >= 0.6 is 0 Å². The van der Waals surface area contributed by atoms with Gasteiger partial charge in [0, 0.05) is 18.0 Å². The molecule has 1 fully saturated rings. The van der Waals surface area contributed by atoms with E-state index < -0.39 is 31.1 Å². The highest BCUT2D eigenvalue weighted by Crippen LogP contribution is 2.32. The van der Waals surface area contributed by atoms with E-state index in [1.165, 1.54) is 18.0 Å². The van der Waals surface area contributed by atoms with Gasteiger partial charge in [-0.15, -0.1) is 0 Å². The van der Waals surface area contributed by atoms with Gasteiger partial charge in [0.25, 0.3) is 0 Å². The summed E-state index contributed by atoms with van der Waals surface area (Å²) in [6, 6.07) is 3.57. The fraction of sp³-hybridized carbons (Fsp3) is 0.333. The molecule has 4 N–H and O–H groups in total. The summed E-state index contributed by atoms with van der Waals surface area (Å²) in [6.45, 7) is -0.436. The third-order valence-electron chi connectivity index (χ3n) is 4.39. The topological polar surface area (TPSA) is 148 Å². The van der Waals surface area contributed by atoms with Crippen LogP contribution in [0.1, 0.15) is 17.6 Å². The number of anilines is 1. The predicted molar refractivity (Wildman–Crippen MR) is 99.2 cm³/mol. The van der Waals surface area contributed by atoms with Crippen molar-refractivity contribution < 1.29 is 24.9 Å². The van der Waals surface area contributed by atoms with Crippen molar-refractivity contribution in [3.05, 3.63) is 42.2 Å². The second-order valence-electron chi connectivity index (χ2n) is 6.25. The number of rotatable bonds is 4. The molecule has 0 bridgehead atoms. The van der Waals surface area contributed by atoms with Gasteiger partial charge in [-0.1, -0.05) is 5.92 Å². The number of nitrogens with zero attached hydrogens (tertiary/aromatic N) is 5. The van der Waals surface area contributed by atoms with Crippen LogP contribution in [-0.2, 0) is 9.57 Å². The molecule has 3 aromatic rings. The summed E-state index contributed by atoms with van der Waals surface area (Å²) in [6.07, 6.45) is 0.233. The van der Waals surface area contributed by atoms with E-state index in [1.807, 2.05) is 0 Å². The Morgan fingerprint density at radius 3 is 2.83 bits per heavy atom. The number of aromatic nitrogens is 5. The van der Waals surface area contributed by atoms with Gasteiger partial charge in [0.15, 0.2) is 23.2 Å². The Bertz CT molecular complexity index is 1060. The normalized spacial score (nSPS) is 23.7. The quantitative estimate of drug-likeness (QED) is 0.325. The standard InChI is InChI=1S/C18H18N6O5/c1-28-23-16-13-17(22-12(21-16)5-4-10-3-2-6-19-7-10)24(9-20-13)18-15(27)14(26)11(8-25)29-18/h2-3,6-7,9,11,14-15,18,25-27H,8H2,1H3,(H,21,22,23)/t11-,14-,15-,18-/m1/s1. The van der Waals surface area contributed by atoms with Crippen molar-refractivity contribution in [2.24, 2.45) is 0 Å². The summed E-state index contributed by atoms with van der Waals surface area (Å²) < 4.78 is 7.03. The van der Waals surface area contributed by atoms with Crippen molar-refractivity contribution in [3.63, 3.8) is 0 Å². The van der Waals surface area contributed by atoms with Crippen LogP contribution in [0.15, 0.2) is 30.9 Å². The zero-order valence-electron chi connectivity index (χ0n) is 15.3. The number of nitrogens with one attached hydrogen (secondary N) is 1. The van der Waals surface area contributed by atoms with Gasteiger partial charge >= 0.3 is 0 Å². The molecule has 0 radical (unpaired) electrons. The van der Waals surface area contributed by atoms with Crippen molar-refractivity contribution in [2.45, 2.75) is 24.5 Å². The van der Waals surface area contributed by atoms with E-state index in [0.717, 1.165) is 0 Å². The van der Waals surface area contributed by atoms with Crippen molar-refractivity contribution in [1.29, 1.82) is 0 Å². The first-order chi connectivity index (χ1) is 14.1. The van der Waals surface area contributed by atoms with Crippen LogP contribution in [0.2, 0.25) is 0 Å². The molecule has 0 unspecified atom stereocenters. The van der Waals surface area contributed by atoms with E-state index in [4.69, 9.17) is 9.57 Å². The average molecular weight is 398 g/mol. The molecule has 1 saturated heterocycles. The molecule has 4 rings (SSSR count). The lowest BCUT2D eigenvalue weighted by atomic mass is 10.1. The lowest BCUT2D eigenvalue weighted by molar-refractivity contribution is -0.0511. The summed E-state index contributed by atoms with van der Waals surface area (Å²) >= 11 is 0. The third kappa shape index (κ3) is 3.63. The molecule has 11 heteroatoms. The number of hydrogen-bond acceptors (Lipinski definition) is 10. The molecule has 29 heavy (non-hydrogen) atoms. The van der Waals surface area contributed by atoms with Crippen molar-refractivity contribution >= 4 is 17.0 Å². The maximum atomic E-state index is 10.3. The Morgan fingerprint density at radius 2 is 2.14 bits per heavy atom. The van der Waals surface area contributed by atoms with Crippen LogP contribution in [0.4, 0.5) is 5.82 Å². The monoisotopic (exact) mass is 398 g/mol. The van der Waals surface area contributed by atoms with Gasteiger partial charge in [0.2, 0.25) is 5.82 Å². The highest BCUT2D eigenvalue weighted by atomic mass is 16.6. The Kier molecular flexibility index (Phi) is 5.34. The second kappa shape index (κ2) is 8.08. The molecule has 1 aliphatic heterocycles. The third-order valence-corrected chi connectivity index (χ3v) is 4.39. The number of aliphatic hydroxyl groups excluding tert-OH is 3. The van der Waals surface area contributed by atoms with Crippen molar-refractivity contribution in [1.82, 2.24) is 24.5 Å². The second-order valence-corrected chi connectivity index (χ2v) is 6.25. The first-order valence-electron chi connectivity index (χ1n) is 8.70. The maximum absolute atomic E-state index is 10.3. The van der Waals surface area contributed by atoms with Crippen LogP contribution in [0, 0.1) is 11.8 Å². The summed E-state index contributed by atoms with van der Waals surface area (Å²) in [5, 5.41) is 29.7. The van der Waals surface area contributed by atoms with Crippen molar-refractivity contribution in [3.8, 4) is 11.8 Å². The number of ether oxygens (including phenoxy) is 1. The van der Waals surface area contributed by atoms with E-state index in [1.54, 1.807) is 24.5 Å². The lowest BCUT2D eigenvalue weighted by Gasteiger charge is -2.16. The summed E-state index contributed by atoms with van der Waals surface area (Å²) in [5.74, 6) is 6.23. The first-order valence-corrected chi connectivity index (χ1v) is 8.70. The largest absolute Gasteiger partial charge is 0.394 e. The average Bonchev–Trinajstić information content (AvgIpc) is 3.29. The minimum absolute atomic E-state index is 0.175. The van der Waals surface area contributed by atoms with Gasteiger partial charge in [-0.05, 0) is 18.1 Å². The smallest absolute Gasteiger partial charge is 0.209 e. The molecular weight excluding hydrogens is 380 g/mol. The van der Waals surface area contributed by atoms with E-state index >= 15 is 0 Å². The molecular formula is C18H18N6O5. The van der Waals surface area contributed by atoms with Crippen LogP contribution in [0.5, 0.6) is 0 Å². The zero-order chi connectivity index (χ0) is 20.4. The minimum Gasteiger partial charge on any atom is -0.394 e. The number of hydrogen-bond donors (Lipinski definition) is 4. The molecule has 150 valence electrons. The van der Waals surface area contributed by atoms with Crippen LogP contribution in [0.25, 0.3) is 11.2 Å². The van der Waals surface area contributed by atoms with Crippen LogP contribution in [0.3, 0.4) is 0 Å². The van der Waals surface area contributed by atoms with Gasteiger partial charge in [-0.3, -0.25) is 14.4 Å². The molecule has 1 aliphatic rings. The minimum atomic E-state index is -1.27. The van der Waals surface area contributed by atoms with E-state index in [-0.39, 0.29) is 11.6 Å². The highest BCUT2D eigenvalue weighted by molar-refractivity contribution is 5.83. The molecule has 3 aromatic heterocycles. The van der Waals surface area contributed by atoms with E-state index in [0.29, 0.717) is 16.7 Å². The number of fused-ring (bicyclic) bond motifs is 1. The molecule has 0 aromatic carbocycles. The van der Waals surface area contributed by atoms with Gasteiger partial charge in [-0.2, -0.15) is 4.98 Å². The lowest BCUT2D eigenvalue weighted by Crippen LogP contribution is -2.33. The maximum Gasteiger partial charge on any atom is 0.209 e. The number of aliphatic hydroxyl groups is 3. The predicted octanol–water partition coefficient (Wildman–Crippen LogP) is -0.794. The SMILES string of the molecule is CONc1nc(C#Cc2cccnc2)nc2c1ncn2[C@@H]1O[C@H](CO)[C@@H](O)[C@H]1O. The molecule has 4 atom stereocenters. The molecule has 4 heterocycles. The first kappa shape index (κ1) is 19.2. The van der Waals surface area contributed by atoms with Gasteiger partial charge in [-0.25, -0.2) is 15.4 Å². The highest BCUT2D eigenvalue weighted by Gasteiger charge is 2.44. The number of pyridine rings is 1.